The van der Waals surface area contributed by atoms with Gasteiger partial charge in [0.1, 0.15) is 0 Å². The number of nitrogens with zero attached hydrogens (tertiary/aromatic N) is 1. The highest BCUT2D eigenvalue weighted by molar-refractivity contribution is 5.78. The van der Waals surface area contributed by atoms with Gasteiger partial charge in [0.05, 0.1) is 0 Å². The molecular weight excluding hydrogens is 200 g/mol. The van der Waals surface area contributed by atoms with Crippen molar-refractivity contribution >= 4 is 5.91 Å². The second-order valence-electron chi connectivity index (χ2n) is 5.01. The first-order valence-corrected chi connectivity index (χ1v) is 6.70. The van der Waals surface area contributed by atoms with E-state index in [0.717, 1.165) is 38.8 Å². The molecule has 1 aliphatic heterocycles. The van der Waals surface area contributed by atoms with Crippen LogP contribution in [0.2, 0.25) is 0 Å². The Hall–Kier alpha value is -0.570. The van der Waals surface area contributed by atoms with Crippen LogP contribution < -0.4 is 5.73 Å². The van der Waals surface area contributed by atoms with E-state index >= 15 is 0 Å². The van der Waals surface area contributed by atoms with Crippen LogP contribution in [0.15, 0.2) is 0 Å². The number of carbonyl (C=O) groups is 1. The van der Waals surface area contributed by atoms with E-state index < -0.39 is 0 Å². The topological polar surface area (TPSA) is 46.3 Å². The van der Waals surface area contributed by atoms with Crippen molar-refractivity contribution in [2.45, 2.75) is 58.4 Å². The maximum atomic E-state index is 11.7. The Balaban J connectivity index is 2.20. The molecule has 0 radical (unpaired) electrons. The lowest BCUT2D eigenvalue weighted by Gasteiger charge is -2.17. The molecule has 0 aromatic heterocycles. The molecule has 1 heterocycles. The highest BCUT2D eigenvalue weighted by Crippen LogP contribution is 2.22. The minimum absolute atomic E-state index is 0.309. The lowest BCUT2D eigenvalue weighted by molar-refractivity contribution is -0.127. The van der Waals surface area contributed by atoms with Crippen LogP contribution in [0.5, 0.6) is 0 Å². The van der Waals surface area contributed by atoms with E-state index in [4.69, 9.17) is 5.73 Å². The second kappa shape index (κ2) is 6.89. The van der Waals surface area contributed by atoms with E-state index in [9.17, 15) is 4.79 Å². The van der Waals surface area contributed by atoms with Crippen molar-refractivity contribution in [2.24, 2.45) is 11.7 Å². The number of nitrogens with two attached hydrogens (primary N) is 1. The van der Waals surface area contributed by atoms with E-state index in [1.807, 2.05) is 4.90 Å². The maximum Gasteiger partial charge on any atom is 0.222 e. The molecule has 1 amide bonds. The Morgan fingerprint density at radius 3 is 2.88 bits per heavy atom. The van der Waals surface area contributed by atoms with Crippen LogP contribution >= 0.6 is 0 Å². The highest BCUT2D eigenvalue weighted by atomic mass is 16.2. The molecule has 1 fully saturated rings. The molecule has 0 aromatic rings. The largest absolute Gasteiger partial charge is 0.342 e. The van der Waals surface area contributed by atoms with Crippen molar-refractivity contribution in [3.8, 4) is 0 Å². The predicted molar refractivity (Wildman–Crippen MR) is 67.1 cm³/mol. The molecule has 3 heteroatoms. The monoisotopic (exact) mass is 226 g/mol. The minimum atomic E-state index is 0.309. The molecule has 2 atom stereocenters. The predicted octanol–water partition coefficient (Wildman–Crippen LogP) is 2.15. The molecule has 16 heavy (non-hydrogen) atoms. The Morgan fingerprint density at radius 2 is 2.25 bits per heavy atom. The van der Waals surface area contributed by atoms with E-state index in [2.05, 4.69) is 13.8 Å². The van der Waals surface area contributed by atoms with Gasteiger partial charge in [0.15, 0.2) is 0 Å². The van der Waals surface area contributed by atoms with Gasteiger partial charge in [-0.05, 0) is 31.6 Å². The van der Waals surface area contributed by atoms with Gasteiger partial charge in [0, 0.05) is 25.6 Å². The van der Waals surface area contributed by atoms with Gasteiger partial charge < -0.3 is 10.6 Å². The normalized spacial score (nSPS) is 22.8. The van der Waals surface area contributed by atoms with Crippen LogP contribution in [0.4, 0.5) is 0 Å². The number of hydrogen-bond donors (Lipinski definition) is 1. The summed E-state index contributed by atoms with van der Waals surface area (Å²) in [6.07, 6.45) is 6.28. The lowest BCUT2D eigenvalue weighted by Crippen LogP contribution is -2.28. The standard InChI is InChI=1S/C13H26N2O/c1-3-6-11-9-13(16)15(10-11)8-5-7-12(14)4-2/h11-12H,3-10,14H2,1-2H3. The SMILES string of the molecule is CCCC1CC(=O)N(CCCC(N)CC)C1. The van der Waals surface area contributed by atoms with Crippen LogP contribution in [0.1, 0.15) is 52.4 Å². The number of hydrogen-bond acceptors (Lipinski definition) is 2. The summed E-state index contributed by atoms with van der Waals surface area (Å²) in [5.74, 6) is 0.959. The molecule has 1 aliphatic rings. The third-order valence-electron chi connectivity index (χ3n) is 3.52. The quantitative estimate of drug-likeness (QED) is 0.723. The fourth-order valence-corrected chi connectivity index (χ4v) is 2.42. The number of amides is 1. The summed E-state index contributed by atoms with van der Waals surface area (Å²) in [4.78, 5) is 13.7. The average molecular weight is 226 g/mol. The molecule has 0 spiro atoms. The van der Waals surface area contributed by atoms with Crippen molar-refractivity contribution in [3.05, 3.63) is 0 Å². The van der Waals surface area contributed by atoms with E-state index in [-0.39, 0.29) is 0 Å². The molecule has 2 N–H and O–H groups in total. The first-order chi connectivity index (χ1) is 7.67. The van der Waals surface area contributed by atoms with Crippen LogP contribution in [0.3, 0.4) is 0 Å². The summed E-state index contributed by atoms with van der Waals surface area (Å²) in [6, 6.07) is 0.309. The van der Waals surface area contributed by atoms with Gasteiger partial charge in [-0.1, -0.05) is 20.3 Å². The van der Waals surface area contributed by atoms with Crippen molar-refractivity contribution in [1.82, 2.24) is 4.90 Å². The van der Waals surface area contributed by atoms with Gasteiger partial charge >= 0.3 is 0 Å². The Labute approximate surface area is 99.4 Å². The fourth-order valence-electron chi connectivity index (χ4n) is 2.42. The third kappa shape index (κ3) is 4.12. The molecule has 1 saturated heterocycles. The molecule has 0 saturated carbocycles. The van der Waals surface area contributed by atoms with E-state index in [1.54, 1.807) is 0 Å². The summed E-state index contributed by atoms with van der Waals surface area (Å²) >= 11 is 0. The van der Waals surface area contributed by atoms with Crippen LogP contribution in [-0.4, -0.2) is 29.9 Å². The summed E-state index contributed by atoms with van der Waals surface area (Å²) in [5, 5.41) is 0. The Bertz CT molecular complexity index is 218. The van der Waals surface area contributed by atoms with Crippen molar-refractivity contribution < 1.29 is 4.79 Å². The van der Waals surface area contributed by atoms with Gasteiger partial charge in [0.2, 0.25) is 5.91 Å². The van der Waals surface area contributed by atoms with E-state index in [1.165, 1.54) is 12.8 Å². The zero-order chi connectivity index (χ0) is 12.0. The molecule has 2 unspecified atom stereocenters. The van der Waals surface area contributed by atoms with Gasteiger partial charge in [-0.25, -0.2) is 0 Å². The maximum absolute atomic E-state index is 11.7. The number of rotatable bonds is 7. The second-order valence-corrected chi connectivity index (χ2v) is 5.01. The van der Waals surface area contributed by atoms with Crippen molar-refractivity contribution in [2.75, 3.05) is 13.1 Å². The first kappa shape index (κ1) is 13.5. The molecule has 0 aromatic carbocycles. The number of carbonyl (C=O) groups excluding carboxylic acids is 1. The zero-order valence-electron chi connectivity index (χ0n) is 10.7. The summed E-state index contributed by atoms with van der Waals surface area (Å²) in [5.41, 5.74) is 5.86. The highest BCUT2D eigenvalue weighted by Gasteiger charge is 2.28. The Morgan fingerprint density at radius 1 is 1.50 bits per heavy atom. The first-order valence-electron chi connectivity index (χ1n) is 6.70. The molecule has 1 rings (SSSR count). The zero-order valence-corrected chi connectivity index (χ0v) is 10.7. The van der Waals surface area contributed by atoms with Crippen LogP contribution in [0.25, 0.3) is 0 Å². The summed E-state index contributed by atoms with van der Waals surface area (Å²) < 4.78 is 0. The third-order valence-corrected chi connectivity index (χ3v) is 3.52. The molecular formula is C13H26N2O. The van der Waals surface area contributed by atoms with Crippen LogP contribution in [-0.2, 0) is 4.79 Å². The molecule has 0 aliphatic carbocycles. The van der Waals surface area contributed by atoms with E-state index in [0.29, 0.717) is 17.9 Å². The lowest BCUT2D eigenvalue weighted by atomic mass is 10.0. The molecule has 0 bridgehead atoms. The van der Waals surface area contributed by atoms with Crippen molar-refractivity contribution in [3.63, 3.8) is 0 Å². The van der Waals surface area contributed by atoms with Gasteiger partial charge in [0.25, 0.3) is 0 Å². The smallest absolute Gasteiger partial charge is 0.222 e. The van der Waals surface area contributed by atoms with Gasteiger partial charge in [-0.3, -0.25) is 4.79 Å². The average Bonchev–Trinajstić information content (AvgIpc) is 2.60. The molecule has 3 nitrogen and oxygen atoms in total. The van der Waals surface area contributed by atoms with Gasteiger partial charge in [-0.15, -0.1) is 0 Å². The van der Waals surface area contributed by atoms with Gasteiger partial charge in [-0.2, -0.15) is 0 Å². The minimum Gasteiger partial charge on any atom is -0.342 e. The van der Waals surface area contributed by atoms with Crippen LogP contribution in [0, 0.1) is 5.92 Å². The Kier molecular flexibility index (Phi) is 5.81. The summed E-state index contributed by atoms with van der Waals surface area (Å²) in [6.45, 7) is 6.19. The summed E-state index contributed by atoms with van der Waals surface area (Å²) in [7, 11) is 0. The molecule has 94 valence electrons. The fraction of sp³-hybridized carbons (Fsp3) is 0.923. The van der Waals surface area contributed by atoms with Crippen molar-refractivity contribution in [1.29, 1.82) is 0 Å². The number of likely N-dealkylation sites (tertiary alicyclic amines) is 1.